The lowest BCUT2D eigenvalue weighted by molar-refractivity contribution is 0.661. The standard InChI is InChI=1S/C64H49NS/c1-63(2)56-27-14-13-24-55(56)60-58(63)40-39-54-53-26-16-25-50(61(53)66-62(54)60)44-31-35-48(36-32-44)65(47-33-29-43(30-34-47)42-17-6-3-7-18-42)49-37-38-52-51-23-12-15-28-57(51)64(59(52)41-49,45-19-8-4-9-20-45)46-21-10-5-11-22-46/h3-15,17-25,27-36,39-41H,16,26,37-38H2,1-2H3. The van der Waals surface area contributed by atoms with Gasteiger partial charge in [-0.3, -0.25) is 0 Å². The summed E-state index contributed by atoms with van der Waals surface area (Å²) in [5.41, 5.74) is 23.7. The Kier molecular flexibility index (Phi) is 8.99. The first kappa shape index (κ1) is 39.1. The zero-order valence-corrected chi connectivity index (χ0v) is 38.2. The van der Waals surface area contributed by atoms with Crippen molar-refractivity contribution in [3.05, 3.63) is 273 Å². The van der Waals surface area contributed by atoms with Crippen LogP contribution in [-0.4, -0.2) is 0 Å². The lowest BCUT2D eigenvalue weighted by Crippen LogP contribution is -2.30. The molecule has 0 radical (unpaired) electrons. The molecule has 0 amide bonds. The minimum atomic E-state index is -0.444. The Morgan fingerprint density at radius 1 is 0.485 bits per heavy atom. The minimum absolute atomic E-state index is 0.00886. The molecule has 13 rings (SSSR count). The molecule has 2 heteroatoms. The van der Waals surface area contributed by atoms with Crippen LogP contribution in [0.4, 0.5) is 11.4 Å². The molecule has 0 aliphatic heterocycles. The molecular formula is C64H49NS. The van der Waals surface area contributed by atoms with Crippen molar-refractivity contribution in [2.24, 2.45) is 0 Å². The van der Waals surface area contributed by atoms with Gasteiger partial charge in [-0.15, -0.1) is 11.3 Å². The summed E-state index contributed by atoms with van der Waals surface area (Å²) in [6.07, 6.45) is 9.07. The summed E-state index contributed by atoms with van der Waals surface area (Å²) in [7, 11) is 0. The van der Waals surface area contributed by atoms with Gasteiger partial charge >= 0.3 is 0 Å². The Bertz CT molecular complexity index is 3420. The molecule has 66 heavy (non-hydrogen) atoms. The molecule has 1 heterocycles. The smallest absolute Gasteiger partial charge is 0.0710 e. The van der Waals surface area contributed by atoms with Gasteiger partial charge in [-0.1, -0.05) is 196 Å². The normalized spacial score (nSPS) is 16.2. The van der Waals surface area contributed by atoms with Gasteiger partial charge in [0, 0.05) is 37.6 Å². The summed E-state index contributed by atoms with van der Waals surface area (Å²) in [6.45, 7) is 4.78. The number of hydrogen-bond acceptors (Lipinski definition) is 2. The van der Waals surface area contributed by atoms with Gasteiger partial charge in [0.1, 0.15) is 0 Å². The monoisotopic (exact) mass is 863 g/mol. The van der Waals surface area contributed by atoms with E-state index in [0.29, 0.717) is 0 Å². The average Bonchev–Trinajstić information content (AvgIpc) is 3.99. The van der Waals surface area contributed by atoms with E-state index in [2.05, 4.69) is 231 Å². The Balaban J connectivity index is 0.945. The molecule has 316 valence electrons. The highest BCUT2D eigenvalue weighted by molar-refractivity contribution is 7.21. The van der Waals surface area contributed by atoms with Crippen molar-refractivity contribution < 1.29 is 0 Å². The van der Waals surface area contributed by atoms with E-state index in [1.54, 1.807) is 0 Å². The molecule has 0 atom stereocenters. The van der Waals surface area contributed by atoms with E-state index < -0.39 is 5.41 Å². The first-order valence-electron chi connectivity index (χ1n) is 23.6. The zero-order valence-electron chi connectivity index (χ0n) is 37.4. The van der Waals surface area contributed by atoms with Crippen LogP contribution in [0.15, 0.2) is 224 Å². The Morgan fingerprint density at radius 2 is 1.06 bits per heavy atom. The Hall–Kier alpha value is -7.26. The summed E-state index contributed by atoms with van der Waals surface area (Å²) in [5.74, 6) is 0. The maximum absolute atomic E-state index is 2.56. The molecule has 9 aromatic rings. The zero-order chi connectivity index (χ0) is 44.0. The average molecular weight is 864 g/mol. The van der Waals surface area contributed by atoms with Crippen molar-refractivity contribution in [3.63, 3.8) is 0 Å². The van der Waals surface area contributed by atoms with Crippen molar-refractivity contribution in [2.75, 3.05) is 4.90 Å². The van der Waals surface area contributed by atoms with Crippen molar-refractivity contribution in [2.45, 2.75) is 50.4 Å². The van der Waals surface area contributed by atoms with Gasteiger partial charge in [-0.25, -0.2) is 0 Å². The summed E-state index contributed by atoms with van der Waals surface area (Å²) < 4.78 is 1.44. The minimum Gasteiger partial charge on any atom is -0.314 e. The molecule has 0 bridgehead atoms. The first-order chi connectivity index (χ1) is 32.5. The highest BCUT2D eigenvalue weighted by Crippen LogP contribution is 2.59. The van der Waals surface area contributed by atoms with Gasteiger partial charge in [0.05, 0.1) is 5.41 Å². The molecule has 4 aliphatic rings. The van der Waals surface area contributed by atoms with E-state index in [1.165, 1.54) is 116 Å². The number of nitrogens with zero attached hydrogens (tertiary/aromatic N) is 1. The second kappa shape index (κ2) is 15.2. The van der Waals surface area contributed by atoms with Crippen LogP contribution in [0.1, 0.15) is 82.5 Å². The predicted octanol–water partition coefficient (Wildman–Crippen LogP) is 16.9. The lowest BCUT2D eigenvalue weighted by Gasteiger charge is -2.37. The number of thiophene rings is 1. The third-order valence-corrected chi connectivity index (χ3v) is 16.5. The summed E-state index contributed by atoms with van der Waals surface area (Å²) in [5, 5.41) is 1.43. The molecular weight excluding hydrogens is 815 g/mol. The fourth-order valence-electron chi connectivity index (χ4n) is 12.2. The van der Waals surface area contributed by atoms with Gasteiger partial charge in [-0.2, -0.15) is 0 Å². The van der Waals surface area contributed by atoms with Crippen LogP contribution in [0.2, 0.25) is 0 Å². The second-order valence-corrected chi connectivity index (χ2v) is 20.0. The second-order valence-electron chi connectivity index (χ2n) is 19.0. The number of anilines is 2. The van der Waals surface area contributed by atoms with E-state index in [0.717, 1.165) is 25.7 Å². The van der Waals surface area contributed by atoms with E-state index in [-0.39, 0.29) is 5.41 Å². The van der Waals surface area contributed by atoms with Crippen LogP contribution in [0, 0.1) is 0 Å². The third kappa shape index (κ3) is 5.77. The van der Waals surface area contributed by atoms with Gasteiger partial charge in [0.15, 0.2) is 0 Å². The van der Waals surface area contributed by atoms with E-state index in [9.17, 15) is 0 Å². The molecule has 0 saturated carbocycles. The third-order valence-electron chi connectivity index (χ3n) is 15.2. The Labute approximate surface area is 392 Å². The highest BCUT2D eigenvalue weighted by Gasteiger charge is 2.48. The van der Waals surface area contributed by atoms with Crippen molar-refractivity contribution >= 4 is 43.9 Å². The fraction of sp³-hybridized carbons (Fsp3) is 0.125. The number of allylic oxidation sites excluding steroid dienone is 5. The summed E-state index contributed by atoms with van der Waals surface area (Å²) in [6, 6.07) is 74.9. The van der Waals surface area contributed by atoms with E-state index >= 15 is 0 Å². The molecule has 0 spiro atoms. The van der Waals surface area contributed by atoms with Crippen LogP contribution in [0.3, 0.4) is 0 Å². The van der Waals surface area contributed by atoms with Crippen LogP contribution >= 0.6 is 11.3 Å². The van der Waals surface area contributed by atoms with Crippen LogP contribution in [-0.2, 0) is 17.3 Å². The van der Waals surface area contributed by atoms with Gasteiger partial charge in [-0.05, 0) is 139 Å². The van der Waals surface area contributed by atoms with Gasteiger partial charge in [0.25, 0.3) is 0 Å². The molecule has 1 nitrogen and oxygen atoms in total. The Morgan fingerprint density at radius 3 is 1.74 bits per heavy atom. The quantitative estimate of drug-likeness (QED) is 0.154. The summed E-state index contributed by atoms with van der Waals surface area (Å²) in [4.78, 5) is 3.97. The molecule has 1 aromatic heterocycles. The highest BCUT2D eigenvalue weighted by atomic mass is 32.1. The molecule has 0 N–H and O–H groups in total. The SMILES string of the molecule is CC1(C)c2ccccc2-c2c1ccc1c3c(sc21)C(c1ccc(N(C2=CC4=C(CC2)c2ccccc2C4(c2ccccc2)c2ccccc2)c2ccc(-c4ccccc4)cc2)cc1)=CCC3. The predicted molar refractivity (Wildman–Crippen MR) is 279 cm³/mol. The molecule has 8 aromatic carbocycles. The van der Waals surface area contributed by atoms with Crippen molar-refractivity contribution in [1.29, 1.82) is 0 Å². The van der Waals surface area contributed by atoms with Gasteiger partial charge in [0.2, 0.25) is 0 Å². The number of benzene rings is 8. The number of aryl methyl sites for hydroxylation is 1. The number of hydrogen-bond donors (Lipinski definition) is 0. The number of rotatable bonds is 7. The van der Waals surface area contributed by atoms with Crippen molar-refractivity contribution in [3.8, 4) is 22.3 Å². The first-order valence-corrected chi connectivity index (χ1v) is 24.4. The van der Waals surface area contributed by atoms with E-state index in [1.807, 2.05) is 11.3 Å². The fourth-order valence-corrected chi connectivity index (χ4v) is 13.6. The van der Waals surface area contributed by atoms with Crippen LogP contribution < -0.4 is 4.90 Å². The summed E-state index contributed by atoms with van der Waals surface area (Å²) >= 11 is 2.01. The topological polar surface area (TPSA) is 3.24 Å². The van der Waals surface area contributed by atoms with Crippen LogP contribution in [0.25, 0.3) is 43.5 Å². The lowest BCUT2D eigenvalue weighted by atomic mass is 9.66. The molecule has 0 unspecified atom stereocenters. The molecule has 4 aliphatic carbocycles. The van der Waals surface area contributed by atoms with Gasteiger partial charge < -0.3 is 4.90 Å². The molecule has 0 saturated heterocycles. The number of fused-ring (bicyclic) bond motifs is 9. The largest absolute Gasteiger partial charge is 0.314 e. The molecule has 0 fully saturated rings. The van der Waals surface area contributed by atoms with Crippen LogP contribution in [0.5, 0.6) is 0 Å². The maximum atomic E-state index is 2.56. The maximum Gasteiger partial charge on any atom is 0.0710 e. The van der Waals surface area contributed by atoms with E-state index in [4.69, 9.17) is 0 Å². The van der Waals surface area contributed by atoms with Crippen molar-refractivity contribution in [1.82, 2.24) is 0 Å².